The molecule has 0 atom stereocenters. The first-order valence-electron chi connectivity index (χ1n) is 8.63. The molecule has 2 aromatic rings. The SMILES string of the molecule is CCOC(=O)N1CCc2nn(CC(=O)Nc3cc(F)cc(F)c3)c(=O)cc2C1. The van der Waals surface area contributed by atoms with Gasteiger partial charge in [0, 0.05) is 36.3 Å². The van der Waals surface area contributed by atoms with Gasteiger partial charge in [-0.25, -0.2) is 18.3 Å². The molecule has 2 amide bonds. The Morgan fingerprint density at radius 3 is 2.61 bits per heavy atom. The average Bonchev–Trinajstić information content (AvgIpc) is 2.61. The van der Waals surface area contributed by atoms with Crippen LogP contribution in [0.2, 0.25) is 0 Å². The molecule has 0 bridgehead atoms. The maximum Gasteiger partial charge on any atom is 0.410 e. The van der Waals surface area contributed by atoms with Crippen LogP contribution >= 0.6 is 0 Å². The van der Waals surface area contributed by atoms with Crippen molar-refractivity contribution in [2.45, 2.75) is 26.4 Å². The molecule has 0 fully saturated rings. The van der Waals surface area contributed by atoms with Crippen molar-refractivity contribution in [3.8, 4) is 0 Å². The Balaban J connectivity index is 1.71. The van der Waals surface area contributed by atoms with E-state index in [-0.39, 0.29) is 18.8 Å². The van der Waals surface area contributed by atoms with E-state index < -0.39 is 35.7 Å². The molecule has 2 heterocycles. The molecule has 0 radical (unpaired) electrons. The Morgan fingerprint density at radius 1 is 1.21 bits per heavy atom. The summed E-state index contributed by atoms with van der Waals surface area (Å²) in [5.41, 5.74) is 0.613. The molecular weight excluding hydrogens is 374 g/mol. The lowest BCUT2D eigenvalue weighted by Gasteiger charge is -2.27. The molecule has 3 rings (SSSR count). The number of hydrogen-bond donors (Lipinski definition) is 1. The molecule has 1 aromatic carbocycles. The summed E-state index contributed by atoms with van der Waals surface area (Å²) >= 11 is 0. The van der Waals surface area contributed by atoms with Gasteiger partial charge < -0.3 is 15.0 Å². The topological polar surface area (TPSA) is 93.5 Å². The molecule has 0 spiro atoms. The van der Waals surface area contributed by atoms with E-state index in [1.54, 1.807) is 6.92 Å². The van der Waals surface area contributed by atoms with Crippen LogP contribution in [0, 0.1) is 11.6 Å². The molecule has 0 unspecified atom stereocenters. The molecule has 1 aliphatic heterocycles. The molecule has 0 aliphatic carbocycles. The Hall–Kier alpha value is -3.30. The molecule has 10 heteroatoms. The van der Waals surface area contributed by atoms with Crippen LogP contribution in [0.15, 0.2) is 29.1 Å². The smallest absolute Gasteiger partial charge is 0.410 e. The first kappa shape index (κ1) is 19.5. The van der Waals surface area contributed by atoms with Crippen LogP contribution in [0.4, 0.5) is 19.3 Å². The van der Waals surface area contributed by atoms with E-state index in [2.05, 4.69) is 10.4 Å². The quantitative estimate of drug-likeness (QED) is 0.855. The molecule has 1 aliphatic rings. The number of benzene rings is 1. The summed E-state index contributed by atoms with van der Waals surface area (Å²) in [5, 5.41) is 6.51. The lowest BCUT2D eigenvalue weighted by molar-refractivity contribution is -0.117. The number of fused-ring (bicyclic) bond motifs is 1. The van der Waals surface area contributed by atoms with Gasteiger partial charge in [0.1, 0.15) is 18.2 Å². The van der Waals surface area contributed by atoms with Gasteiger partial charge in [-0.1, -0.05) is 0 Å². The summed E-state index contributed by atoms with van der Waals surface area (Å²) in [6, 6.07) is 3.94. The van der Waals surface area contributed by atoms with E-state index in [1.165, 1.54) is 11.0 Å². The van der Waals surface area contributed by atoms with Crippen LogP contribution in [-0.2, 0) is 29.0 Å². The summed E-state index contributed by atoms with van der Waals surface area (Å²) in [7, 11) is 0. The highest BCUT2D eigenvalue weighted by Gasteiger charge is 2.24. The normalized spacial score (nSPS) is 13.0. The molecule has 1 aromatic heterocycles. The second kappa shape index (κ2) is 8.15. The van der Waals surface area contributed by atoms with Crippen molar-refractivity contribution in [2.75, 3.05) is 18.5 Å². The average molecular weight is 392 g/mol. The highest BCUT2D eigenvalue weighted by atomic mass is 19.1. The Labute approximate surface area is 158 Å². The number of nitrogens with zero attached hydrogens (tertiary/aromatic N) is 3. The van der Waals surface area contributed by atoms with Gasteiger partial charge in [0.05, 0.1) is 18.8 Å². The third-order valence-electron chi connectivity index (χ3n) is 4.11. The van der Waals surface area contributed by atoms with Crippen LogP contribution in [0.25, 0.3) is 0 Å². The third kappa shape index (κ3) is 4.51. The Morgan fingerprint density at radius 2 is 1.93 bits per heavy atom. The largest absolute Gasteiger partial charge is 0.450 e. The van der Waals surface area contributed by atoms with Crippen molar-refractivity contribution in [1.29, 1.82) is 0 Å². The Bertz CT molecular complexity index is 956. The Kier molecular flexibility index (Phi) is 5.67. The van der Waals surface area contributed by atoms with Crippen molar-refractivity contribution in [3.05, 3.63) is 57.5 Å². The summed E-state index contributed by atoms with van der Waals surface area (Å²) < 4.78 is 32.3. The maximum absolute atomic E-state index is 13.2. The number of rotatable bonds is 4. The van der Waals surface area contributed by atoms with Crippen molar-refractivity contribution < 1.29 is 23.1 Å². The van der Waals surface area contributed by atoms with E-state index in [0.717, 1.165) is 16.8 Å². The summed E-state index contributed by atoms with van der Waals surface area (Å²) in [6.45, 7) is 2.13. The first-order chi connectivity index (χ1) is 13.4. The van der Waals surface area contributed by atoms with Gasteiger partial charge in [0.2, 0.25) is 5.91 Å². The summed E-state index contributed by atoms with van der Waals surface area (Å²) in [5.74, 6) is -2.31. The fourth-order valence-electron chi connectivity index (χ4n) is 2.89. The van der Waals surface area contributed by atoms with Crippen molar-refractivity contribution in [2.24, 2.45) is 0 Å². The van der Waals surface area contributed by atoms with E-state index in [1.807, 2.05) is 0 Å². The van der Waals surface area contributed by atoms with Gasteiger partial charge in [-0.2, -0.15) is 5.10 Å². The molecule has 148 valence electrons. The minimum atomic E-state index is -0.828. The number of carbonyl (C=O) groups excluding carboxylic acids is 2. The fourth-order valence-corrected chi connectivity index (χ4v) is 2.89. The number of aromatic nitrogens is 2. The number of amides is 2. The van der Waals surface area contributed by atoms with E-state index >= 15 is 0 Å². The van der Waals surface area contributed by atoms with E-state index in [9.17, 15) is 23.2 Å². The first-order valence-corrected chi connectivity index (χ1v) is 8.63. The van der Waals surface area contributed by atoms with E-state index in [0.29, 0.717) is 30.3 Å². The van der Waals surface area contributed by atoms with Crippen molar-refractivity contribution in [3.63, 3.8) is 0 Å². The number of halogens is 2. The van der Waals surface area contributed by atoms with E-state index in [4.69, 9.17) is 4.74 Å². The zero-order valence-electron chi connectivity index (χ0n) is 15.1. The monoisotopic (exact) mass is 392 g/mol. The van der Waals surface area contributed by atoms with Gasteiger partial charge in [0.15, 0.2) is 0 Å². The van der Waals surface area contributed by atoms with Crippen molar-refractivity contribution >= 4 is 17.7 Å². The predicted octanol–water partition coefficient (Wildman–Crippen LogP) is 1.67. The molecule has 0 saturated heterocycles. The maximum atomic E-state index is 13.2. The fraction of sp³-hybridized carbons (Fsp3) is 0.333. The van der Waals surface area contributed by atoms with Gasteiger partial charge in [-0.3, -0.25) is 9.59 Å². The minimum absolute atomic E-state index is 0.0569. The number of nitrogens with one attached hydrogen (secondary N) is 1. The van der Waals surface area contributed by atoms with Crippen LogP contribution in [0.5, 0.6) is 0 Å². The van der Waals surface area contributed by atoms with Gasteiger partial charge in [0.25, 0.3) is 5.56 Å². The van der Waals surface area contributed by atoms with Gasteiger partial charge >= 0.3 is 6.09 Å². The number of ether oxygens (including phenoxy) is 1. The second-order valence-electron chi connectivity index (χ2n) is 6.19. The number of hydrogen-bond acceptors (Lipinski definition) is 5. The van der Waals surface area contributed by atoms with Crippen LogP contribution in [0.1, 0.15) is 18.2 Å². The van der Waals surface area contributed by atoms with Crippen LogP contribution < -0.4 is 10.9 Å². The van der Waals surface area contributed by atoms with Gasteiger partial charge in [-0.15, -0.1) is 0 Å². The van der Waals surface area contributed by atoms with Gasteiger partial charge in [-0.05, 0) is 19.1 Å². The minimum Gasteiger partial charge on any atom is -0.450 e. The predicted molar refractivity (Wildman–Crippen MR) is 94.6 cm³/mol. The highest BCUT2D eigenvalue weighted by molar-refractivity contribution is 5.90. The molecule has 1 N–H and O–H groups in total. The lowest BCUT2D eigenvalue weighted by atomic mass is 10.1. The summed E-state index contributed by atoms with van der Waals surface area (Å²) in [4.78, 5) is 37.7. The van der Waals surface area contributed by atoms with Crippen LogP contribution in [-0.4, -0.2) is 39.8 Å². The molecule has 0 saturated carbocycles. The zero-order valence-corrected chi connectivity index (χ0v) is 15.1. The third-order valence-corrected chi connectivity index (χ3v) is 4.11. The molecule has 28 heavy (non-hydrogen) atoms. The highest BCUT2D eigenvalue weighted by Crippen LogP contribution is 2.16. The number of carbonyl (C=O) groups is 2. The molecule has 8 nitrogen and oxygen atoms in total. The van der Waals surface area contributed by atoms with Crippen molar-refractivity contribution in [1.82, 2.24) is 14.7 Å². The lowest BCUT2D eigenvalue weighted by Crippen LogP contribution is -2.39. The standard InChI is InChI=1S/C18H18F2N4O4/c1-2-28-18(27)23-4-3-15-11(9-23)5-17(26)24(22-15)10-16(25)21-14-7-12(19)6-13(20)8-14/h5-8H,2-4,9-10H2,1H3,(H,21,25). The number of anilines is 1. The molecular formula is C18H18F2N4O4. The summed E-state index contributed by atoms with van der Waals surface area (Å²) in [6.07, 6.45) is -0.0513. The van der Waals surface area contributed by atoms with Crippen LogP contribution in [0.3, 0.4) is 0 Å². The zero-order chi connectivity index (χ0) is 20.3. The second-order valence-corrected chi connectivity index (χ2v) is 6.19.